The second kappa shape index (κ2) is 6.73. The highest BCUT2D eigenvalue weighted by atomic mass is 35.5. The minimum Gasteiger partial charge on any atom is -0.381 e. The first-order valence-corrected chi connectivity index (χ1v) is 6.85. The van der Waals surface area contributed by atoms with Gasteiger partial charge in [0.1, 0.15) is 5.82 Å². The Bertz CT molecular complexity index is 564. The van der Waals surface area contributed by atoms with E-state index in [0.717, 1.165) is 12.2 Å². The van der Waals surface area contributed by atoms with E-state index in [4.69, 9.17) is 11.6 Å². The Hall–Kier alpha value is -1.58. The summed E-state index contributed by atoms with van der Waals surface area (Å²) in [6.45, 7) is 1.20. The number of hydrogen-bond donors (Lipinski definition) is 1. The van der Waals surface area contributed by atoms with Crippen LogP contribution in [0.15, 0.2) is 42.5 Å². The van der Waals surface area contributed by atoms with E-state index in [1.54, 1.807) is 12.1 Å². The van der Waals surface area contributed by atoms with Gasteiger partial charge >= 0.3 is 0 Å². The van der Waals surface area contributed by atoms with Crippen molar-refractivity contribution in [2.24, 2.45) is 0 Å². The number of para-hydroxylation sites is 1. The molecule has 0 saturated carbocycles. The summed E-state index contributed by atoms with van der Waals surface area (Å²) in [5.74, 6) is -0.282. The van der Waals surface area contributed by atoms with Crippen molar-refractivity contribution in [2.75, 3.05) is 19.4 Å². The molecule has 0 heterocycles. The average molecular weight is 293 g/mol. The maximum absolute atomic E-state index is 13.7. The molecule has 0 spiro atoms. The Morgan fingerprint density at radius 1 is 1.10 bits per heavy atom. The van der Waals surface area contributed by atoms with Gasteiger partial charge < -0.3 is 10.2 Å². The molecule has 2 nitrogen and oxygen atoms in total. The van der Waals surface area contributed by atoms with E-state index in [1.165, 1.54) is 11.6 Å². The van der Waals surface area contributed by atoms with Crippen molar-refractivity contribution >= 4 is 17.3 Å². The number of anilines is 1. The van der Waals surface area contributed by atoms with E-state index >= 15 is 0 Å². The largest absolute Gasteiger partial charge is 0.381 e. The third-order valence-electron chi connectivity index (χ3n) is 3.02. The van der Waals surface area contributed by atoms with E-state index in [-0.39, 0.29) is 5.82 Å². The summed E-state index contributed by atoms with van der Waals surface area (Å²) in [4.78, 5) is 2.09. The van der Waals surface area contributed by atoms with Crippen LogP contribution in [0.2, 0.25) is 5.02 Å². The molecule has 0 saturated heterocycles. The van der Waals surface area contributed by atoms with Gasteiger partial charge in [0.15, 0.2) is 0 Å². The van der Waals surface area contributed by atoms with Crippen molar-refractivity contribution in [3.8, 4) is 0 Å². The molecule has 1 N–H and O–H groups in total. The molecular weight excluding hydrogens is 275 g/mol. The van der Waals surface area contributed by atoms with Gasteiger partial charge in [-0.3, -0.25) is 0 Å². The van der Waals surface area contributed by atoms with Crippen molar-refractivity contribution in [3.05, 3.63) is 64.4 Å². The quantitative estimate of drug-likeness (QED) is 0.890. The van der Waals surface area contributed by atoms with E-state index in [9.17, 15) is 4.39 Å². The summed E-state index contributed by atoms with van der Waals surface area (Å²) in [6.07, 6.45) is 0. The van der Waals surface area contributed by atoms with Crippen LogP contribution in [0, 0.1) is 5.82 Å². The summed E-state index contributed by atoms with van der Waals surface area (Å²) in [7, 11) is 4.04. The highest BCUT2D eigenvalue weighted by Gasteiger charge is 2.08. The number of nitrogens with one attached hydrogen (secondary N) is 1. The lowest BCUT2D eigenvalue weighted by Crippen LogP contribution is -2.13. The van der Waals surface area contributed by atoms with Crippen LogP contribution in [0.3, 0.4) is 0 Å². The second-order valence-electron chi connectivity index (χ2n) is 4.95. The zero-order valence-corrected chi connectivity index (χ0v) is 12.4. The summed E-state index contributed by atoms with van der Waals surface area (Å²) < 4.78 is 13.7. The van der Waals surface area contributed by atoms with Gasteiger partial charge in [-0.2, -0.15) is 0 Å². The van der Waals surface area contributed by atoms with Gasteiger partial charge in [-0.25, -0.2) is 4.39 Å². The monoisotopic (exact) mass is 292 g/mol. The molecule has 0 radical (unpaired) electrons. The Morgan fingerprint density at radius 2 is 1.85 bits per heavy atom. The highest BCUT2D eigenvalue weighted by Crippen LogP contribution is 2.22. The zero-order chi connectivity index (χ0) is 14.5. The molecule has 0 bridgehead atoms. The van der Waals surface area contributed by atoms with Crippen LogP contribution in [0.4, 0.5) is 10.1 Å². The van der Waals surface area contributed by atoms with Gasteiger partial charge in [0.05, 0.1) is 0 Å². The molecule has 0 unspecified atom stereocenters. The summed E-state index contributed by atoms with van der Waals surface area (Å²) >= 11 is 6.03. The van der Waals surface area contributed by atoms with Gasteiger partial charge in [0.2, 0.25) is 0 Å². The lowest BCUT2D eigenvalue weighted by molar-refractivity contribution is 0.403. The SMILES string of the molecule is CN(C)Cc1ccccc1NCc1c(F)cccc1Cl. The Morgan fingerprint density at radius 3 is 2.55 bits per heavy atom. The predicted molar refractivity (Wildman–Crippen MR) is 82.6 cm³/mol. The van der Waals surface area contributed by atoms with E-state index < -0.39 is 0 Å². The van der Waals surface area contributed by atoms with Crippen LogP contribution < -0.4 is 5.32 Å². The molecule has 0 aromatic heterocycles. The molecule has 4 heteroatoms. The van der Waals surface area contributed by atoms with E-state index in [2.05, 4.69) is 16.3 Å². The molecular formula is C16H18ClFN2. The fourth-order valence-corrected chi connectivity index (χ4v) is 2.29. The van der Waals surface area contributed by atoms with Crippen molar-refractivity contribution in [3.63, 3.8) is 0 Å². The van der Waals surface area contributed by atoms with Crippen molar-refractivity contribution in [1.29, 1.82) is 0 Å². The normalized spacial score (nSPS) is 10.8. The molecule has 0 amide bonds. The molecule has 0 fully saturated rings. The summed E-state index contributed by atoms with van der Waals surface area (Å²) in [6, 6.07) is 12.8. The fourth-order valence-electron chi connectivity index (χ4n) is 2.06. The topological polar surface area (TPSA) is 15.3 Å². The molecule has 2 rings (SSSR count). The fraction of sp³-hybridized carbons (Fsp3) is 0.250. The van der Waals surface area contributed by atoms with Crippen molar-refractivity contribution < 1.29 is 4.39 Å². The molecule has 2 aromatic rings. The number of halogens is 2. The minimum atomic E-state index is -0.282. The third-order valence-corrected chi connectivity index (χ3v) is 3.38. The minimum absolute atomic E-state index is 0.282. The molecule has 0 aliphatic rings. The maximum Gasteiger partial charge on any atom is 0.129 e. The lowest BCUT2D eigenvalue weighted by Gasteiger charge is -2.16. The number of benzene rings is 2. The Kier molecular flexibility index (Phi) is 4.99. The van der Waals surface area contributed by atoms with Gasteiger partial charge in [-0.15, -0.1) is 0 Å². The molecule has 106 valence electrons. The number of rotatable bonds is 5. The van der Waals surface area contributed by atoms with Gasteiger partial charge in [0.25, 0.3) is 0 Å². The standard InChI is InChI=1S/C16H18ClFN2/c1-20(2)11-12-6-3-4-9-16(12)19-10-13-14(17)7-5-8-15(13)18/h3-9,19H,10-11H2,1-2H3. The van der Waals surface area contributed by atoms with E-state index in [0.29, 0.717) is 17.1 Å². The number of nitrogens with zero attached hydrogens (tertiary/aromatic N) is 1. The van der Waals surface area contributed by atoms with Crippen LogP contribution in [0.25, 0.3) is 0 Å². The first-order valence-electron chi connectivity index (χ1n) is 6.47. The van der Waals surface area contributed by atoms with Crippen LogP contribution in [-0.2, 0) is 13.1 Å². The zero-order valence-electron chi connectivity index (χ0n) is 11.7. The van der Waals surface area contributed by atoms with Crippen LogP contribution in [0.1, 0.15) is 11.1 Å². The third kappa shape index (κ3) is 3.71. The Labute approximate surface area is 124 Å². The second-order valence-corrected chi connectivity index (χ2v) is 5.36. The first kappa shape index (κ1) is 14.8. The van der Waals surface area contributed by atoms with Gasteiger partial charge in [-0.05, 0) is 37.9 Å². The molecule has 20 heavy (non-hydrogen) atoms. The van der Waals surface area contributed by atoms with E-state index in [1.807, 2.05) is 32.3 Å². The summed E-state index contributed by atoms with van der Waals surface area (Å²) in [5, 5.41) is 3.71. The summed E-state index contributed by atoms with van der Waals surface area (Å²) in [5.41, 5.74) is 2.67. The van der Waals surface area contributed by atoms with Gasteiger partial charge in [-0.1, -0.05) is 35.9 Å². The van der Waals surface area contributed by atoms with Gasteiger partial charge in [0, 0.05) is 29.4 Å². The predicted octanol–water partition coefficient (Wildman–Crippen LogP) is 4.15. The van der Waals surface area contributed by atoms with Crippen molar-refractivity contribution in [2.45, 2.75) is 13.1 Å². The first-order chi connectivity index (χ1) is 9.58. The number of hydrogen-bond acceptors (Lipinski definition) is 2. The Balaban J connectivity index is 2.15. The van der Waals surface area contributed by atoms with Crippen LogP contribution in [0.5, 0.6) is 0 Å². The average Bonchev–Trinajstić information content (AvgIpc) is 2.39. The maximum atomic E-state index is 13.7. The molecule has 0 atom stereocenters. The smallest absolute Gasteiger partial charge is 0.129 e. The van der Waals surface area contributed by atoms with Crippen LogP contribution >= 0.6 is 11.6 Å². The molecule has 0 aliphatic carbocycles. The highest BCUT2D eigenvalue weighted by molar-refractivity contribution is 6.31. The molecule has 0 aliphatic heterocycles. The van der Waals surface area contributed by atoms with Crippen LogP contribution in [-0.4, -0.2) is 19.0 Å². The lowest BCUT2D eigenvalue weighted by atomic mass is 10.1. The molecule has 2 aromatic carbocycles. The van der Waals surface area contributed by atoms with Crippen molar-refractivity contribution in [1.82, 2.24) is 4.90 Å².